The Hall–Kier alpha value is -0.920. The Kier molecular flexibility index (Phi) is 5.62. The van der Waals surface area contributed by atoms with Crippen molar-refractivity contribution >= 4 is 27.3 Å². The summed E-state index contributed by atoms with van der Waals surface area (Å²) < 4.78 is 27.0. The van der Waals surface area contributed by atoms with Gasteiger partial charge in [0.05, 0.1) is 6.42 Å². The Morgan fingerprint density at radius 1 is 1.12 bits per heavy atom. The van der Waals surface area contributed by atoms with Crippen molar-refractivity contribution in [1.82, 2.24) is 9.21 Å². The molecule has 7 heteroatoms. The maximum absolute atomic E-state index is 12.6. The topological polar surface area (TPSA) is 57.7 Å². The third-order valence-electron chi connectivity index (χ3n) is 4.99. The molecule has 1 atom stereocenters. The molecule has 5 nitrogen and oxygen atoms in total. The van der Waals surface area contributed by atoms with E-state index in [1.165, 1.54) is 17.8 Å². The molecule has 3 heterocycles. The van der Waals surface area contributed by atoms with Crippen molar-refractivity contribution < 1.29 is 13.2 Å². The monoisotopic (exact) mass is 370 g/mol. The van der Waals surface area contributed by atoms with Crippen LogP contribution in [0, 0.1) is 5.92 Å². The fraction of sp³-hybridized carbons (Fsp3) is 0.706. The summed E-state index contributed by atoms with van der Waals surface area (Å²) in [6, 6.07) is 3.46. The molecule has 2 fully saturated rings. The minimum absolute atomic E-state index is 0.121. The lowest BCUT2D eigenvalue weighted by Crippen LogP contribution is -2.33. The van der Waals surface area contributed by atoms with Crippen molar-refractivity contribution in [3.8, 4) is 0 Å². The predicted molar refractivity (Wildman–Crippen MR) is 95.6 cm³/mol. The fourth-order valence-electron chi connectivity index (χ4n) is 3.42. The number of hydrogen-bond donors (Lipinski definition) is 0. The lowest BCUT2D eigenvalue weighted by atomic mass is 10.0. The molecule has 2 aliphatic rings. The van der Waals surface area contributed by atoms with E-state index in [0.29, 0.717) is 29.6 Å². The molecule has 3 rings (SSSR count). The van der Waals surface area contributed by atoms with Gasteiger partial charge in [0.15, 0.2) is 0 Å². The van der Waals surface area contributed by atoms with Crippen LogP contribution in [-0.2, 0) is 21.2 Å². The van der Waals surface area contributed by atoms with Crippen LogP contribution < -0.4 is 0 Å². The summed E-state index contributed by atoms with van der Waals surface area (Å²) >= 11 is 1.25. The lowest BCUT2D eigenvalue weighted by Gasteiger charge is -2.20. The molecule has 0 N–H and O–H groups in total. The molecule has 0 saturated carbocycles. The van der Waals surface area contributed by atoms with Gasteiger partial charge in [0.25, 0.3) is 10.0 Å². The Bertz CT molecular complexity index is 678. The van der Waals surface area contributed by atoms with E-state index >= 15 is 0 Å². The molecule has 0 bridgehead atoms. The van der Waals surface area contributed by atoms with Crippen LogP contribution in [0.1, 0.15) is 43.9 Å². The van der Waals surface area contributed by atoms with Crippen molar-refractivity contribution in [2.75, 3.05) is 26.2 Å². The molecule has 1 aromatic heterocycles. The maximum Gasteiger partial charge on any atom is 0.252 e. The molecule has 2 saturated heterocycles. The van der Waals surface area contributed by atoms with Gasteiger partial charge in [0, 0.05) is 31.1 Å². The van der Waals surface area contributed by atoms with E-state index in [2.05, 4.69) is 6.92 Å². The highest BCUT2D eigenvalue weighted by Gasteiger charge is 2.29. The molecule has 134 valence electrons. The van der Waals surface area contributed by atoms with Gasteiger partial charge in [0.1, 0.15) is 4.21 Å². The number of sulfonamides is 1. The first-order valence-electron chi connectivity index (χ1n) is 8.83. The quantitative estimate of drug-likeness (QED) is 0.819. The molecule has 1 unspecified atom stereocenters. The van der Waals surface area contributed by atoms with Gasteiger partial charge < -0.3 is 4.90 Å². The Labute approximate surface area is 148 Å². The first-order chi connectivity index (χ1) is 11.5. The molecule has 24 heavy (non-hydrogen) atoms. The minimum atomic E-state index is -3.36. The Morgan fingerprint density at radius 2 is 1.88 bits per heavy atom. The summed E-state index contributed by atoms with van der Waals surface area (Å²) in [7, 11) is -3.36. The third-order valence-corrected chi connectivity index (χ3v) is 8.44. The number of carbonyl (C=O) groups excluding carboxylic acids is 1. The van der Waals surface area contributed by atoms with E-state index in [4.69, 9.17) is 0 Å². The largest absolute Gasteiger partial charge is 0.342 e. The Balaban J connectivity index is 1.64. The van der Waals surface area contributed by atoms with Gasteiger partial charge >= 0.3 is 0 Å². The predicted octanol–water partition coefficient (Wildman–Crippen LogP) is 2.72. The van der Waals surface area contributed by atoms with Crippen molar-refractivity contribution in [3.63, 3.8) is 0 Å². The first kappa shape index (κ1) is 17.9. The maximum atomic E-state index is 12.6. The van der Waals surface area contributed by atoms with Crippen LogP contribution in [-0.4, -0.2) is 49.7 Å². The standard InChI is InChI=1S/C17H26N2O3S2/c1-14-5-4-9-18(12-8-14)16(20)13-15-6-7-17(23-15)24(21,22)19-10-2-3-11-19/h6-7,14H,2-5,8-13H2,1H3. The normalized spacial score (nSPS) is 23.4. The fourth-order valence-corrected chi connectivity index (χ4v) is 6.44. The zero-order chi connectivity index (χ0) is 17.2. The van der Waals surface area contributed by atoms with Crippen LogP contribution >= 0.6 is 11.3 Å². The number of amides is 1. The second-order valence-corrected chi connectivity index (χ2v) is 10.3. The number of nitrogens with zero attached hydrogens (tertiary/aromatic N) is 2. The number of hydrogen-bond acceptors (Lipinski definition) is 4. The highest BCUT2D eigenvalue weighted by Crippen LogP contribution is 2.28. The highest BCUT2D eigenvalue weighted by atomic mass is 32.2. The molecular weight excluding hydrogens is 344 g/mol. The van der Waals surface area contributed by atoms with Crippen LogP contribution in [0.4, 0.5) is 0 Å². The second kappa shape index (κ2) is 7.54. The van der Waals surface area contributed by atoms with Gasteiger partial charge in [0.2, 0.25) is 5.91 Å². The average molecular weight is 371 g/mol. The molecule has 1 aromatic rings. The van der Waals surface area contributed by atoms with Gasteiger partial charge in [-0.3, -0.25) is 4.79 Å². The van der Waals surface area contributed by atoms with E-state index in [1.807, 2.05) is 4.90 Å². The van der Waals surface area contributed by atoms with E-state index in [0.717, 1.165) is 43.6 Å². The average Bonchev–Trinajstić information content (AvgIpc) is 3.18. The Morgan fingerprint density at radius 3 is 2.62 bits per heavy atom. The van der Waals surface area contributed by atoms with Crippen molar-refractivity contribution in [2.24, 2.45) is 5.92 Å². The SMILES string of the molecule is CC1CCCN(C(=O)Cc2ccc(S(=O)(=O)N3CCCC3)s2)CC1. The lowest BCUT2D eigenvalue weighted by molar-refractivity contribution is -0.130. The van der Waals surface area contributed by atoms with Gasteiger partial charge in [-0.05, 0) is 50.2 Å². The van der Waals surface area contributed by atoms with E-state index in [9.17, 15) is 13.2 Å². The van der Waals surface area contributed by atoms with Crippen LogP contribution in [0.5, 0.6) is 0 Å². The van der Waals surface area contributed by atoms with Crippen LogP contribution in [0.3, 0.4) is 0 Å². The number of thiophene rings is 1. The summed E-state index contributed by atoms with van der Waals surface area (Å²) in [4.78, 5) is 15.3. The van der Waals surface area contributed by atoms with Crippen LogP contribution in [0.2, 0.25) is 0 Å². The summed E-state index contributed by atoms with van der Waals surface area (Å²) in [5.41, 5.74) is 0. The summed E-state index contributed by atoms with van der Waals surface area (Å²) in [5, 5.41) is 0. The summed E-state index contributed by atoms with van der Waals surface area (Å²) in [6.07, 6.45) is 5.49. The third kappa shape index (κ3) is 4.00. The van der Waals surface area contributed by atoms with Gasteiger partial charge in [-0.15, -0.1) is 11.3 Å². The zero-order valence-electron chi connectivity index (χ0n) is 14.2. The first-order valence-corrected chi connectivity index (χ1v) is 11.1. The number of rotatable bonds is 4. The number of carbonyl (C=O) groups is 1. The molecule has 1 amide bonds. The minimum Gasteiger partial charge on any atom is -0.342 e. The molecular formula is C17H26N2O3S2. The molecule has 0 aromatic carbocycles. The smallest absolute Gasteiger partial charge is 0.252 e. The summed E-state index contributed by atoms with van der Waals surface area (Å²) in [6.45, 7) is 5.11. The summed E-state index contributed by atoms with van der Waals surface area (Å²) in [5.74, 6) is 0.804. The molecule has 2 aliphatic heterocycles. The molecule has 0 spiro atoms. The van der Waals surface area contributed by atoms with Gasteiger partial charge in [-0.2, -0.15) is 4.31 Å². The van der Waals surface area contributed by atoms with Gasteiger partial charge in [-0.1, -0.05) is 6.92 Å². The van der Waals surface area contributed by atoms with E-state index in [1.54, 1.807) is 16.4 Å². The van der Waals surface area contributed by atoms with Crippen LogP contribution in [0.15, 0.2) is 16.3 Å². The van der Waals surface area contributed by atoms with Crippen LogP contribution in [0.25, 0.3) is 0 Å². The zero-order valence-corrected chi connectivity index (χ0v) is 15.9. The molecule has 0 aliphatic carbocycles. The van der Waals surface area contributed by atoms with Crippen molar-refractivity contribution in [2.45, 2.75) is 49.7 Å². The van der Waals surface area contributed by atoms with Crippen molar-refractivity contribution in [1.29, 1.82) is 0 Å². The highest BCUT2D eigenvalue weighted by molar-refractivity contribution is 7.91. The van der Waals surface area contributed by atoms with E-state index < -0.39 is 10.0 Å². The number of likely N-dealkylation sites (tertiary alicyclic amines) is 1. The second-order valence-electron chi connectivity index (χ2n) is 6.93. The molecule has 0 radical (unpaired) electrons. The van der Waals surface area contributed by atoms with E-state index in [-0.39, 0.29) is 5.91 Å². The van der Waals surface area contributed by atoms with Crippen molar-refractivity contribution in [3.05, 3.63) is 17.0 Å². The van der Waals surface area contributed by atoms with Gasteiger partial charge in [-0.25, -0.2) is 8.42 Å².